The second-order valence-corrected chi connectivity index (χ2v) is 8.45. The number of esters is 1. The molecule has 0 saturated heterocycles. The summed E-state index contributed by atoms with van der Waals surface area (Å²) in [7, 11) is 0. The van der Waals surface area contributed by atoms with E-state index in [0.29, 0.717) is 12.0 Å². The Hall–Kier alpha value is -3.49. The summed E-state index contributed by atoms with van der Waals surface area (Å²) in [6.07, 6.45) is 0.461. The molecule has 0 radical (unpaired) electrons. The van der Waals surface area contributed by atoms with Gasteiger partial charge in [-0.05, 0) is 42.3 Å². The van der Waals surface area contributed by atoms with Crippen LogP contribution < -0.4 is 0 Å². The second-order valence-electron chi connectivity index (χ2n) is 7.34. The quantitative estimate of drug-likeness (QED) is 0.397. The van der Waals surface area contributed by atoms with Gasteiger partial charge in [0.15, 0.2) is 0 Å². The Morgan fingerprint density at radius 2 is 1.73 bits per heavy atom. The summed E-state index contributed by atoms with van der Waals surface area (Å²) >= 11 is 1.61. The topological polar surface area (TPSA) is 63.0 Å². The maximum absolute atomic E-state index is 13.3. The highest BCUT2D eigenvalue weighted by Gasteiger charge is 2.38. The molecule has 148 valence electrons. The SMILES string of the molecule is C[C@@](Cc1nc2ccccc2s1)(C(=O)OCc1ccc(C#N)cc1)c1ccccc1. The highest BCUT2D eigenvalue weighted by Crippen LogP contribution is 2.33. The van der Waals surface area contributed by atoms with Gasteiger partial charge in [0, 0.05) is 6.42 Å². The normalized spacial score (nSPS) is 12.8. The minimum absolute atomic E-state index is 0.160. The molecule has 4 rings (SSSR count). The van der Waals surface area contributed by atoms with Crippen LogP contribution in [0.1, 0.15) is 28.6 Å². The van der Waals surface area contributed by atoms with E-state index in [1.54, 1.807) is 35.6 Å². The zero-order chi connectivity index (χ0) is 21.0. The average molecular weight is 413 g/mol. The highest BCUT2D eigenvalue weighted by atomic mass is 32.1. The number of nitriles is 1. The molecule has 0 amide bonds. The lowest BCUT2D eigenvalue weighted by atomic mass is 9.79. The van der Waals surface area contributed by atoms with Crippen LogP contribution in [0, 0.1) is 11.3 Å². The number of aromatic nitrogens is 1. The molecule has 0 bridgehead atoms. The number of fused-ring (bicyclic) bond motifs is 1. The minimum atomic E-state index is -0.859. The first-order valence-electron chi connectivity index (χ1n) is 9.65. The van der Waals surface area contributed by atoms with Crippen molar-refractivity contribution >= 4 is 27.5 Å². The van der Waals surface area contributed by atoms with E-state index in [-0.39, 0.29) is 12.6 Å². The number of nitrogens with zero attached hydrogens (tertiary/aromatic N) is 2. The summed E-state index contributed by atoms with van der Waals surface area (Å²) in [5, 5.41) is 9.83. The third-order valence-electron chi connectivity index (χ3n) is 5.16. The van der Waals surface area contributed by atoms with Gasteiger partial charge in [0.1, 0.15) is 6.61 Å². The number of para-hydroxylation sites is 1. The molecule has 1 heterocycles. The van der Waals surface area contributed by atoms with Crippen molar-refractivity contribution in [3.8, 4) is 6.07 Å². The number of ether oxygens (including phenoxy) is 1. The monoisotopic (exact) mass is 412 g/mol. The number of benzene rings is 3. The smallest absolute Gasteiger partial charge is 0.317 e. The molecule has 0 aliphatic carbocycles. The van der Waals surface area contributed by atoms with E-state index < -0.39 is 5.41 Å². The minimum Gasteiger partial charge on any atom is -0.460 e. The summed E-state index contributed by atoms with van der Waals surface area (Å²) in [5.74, 6) is -0.294. The lowest BCUT2D eigenvalue weighted by Crippen LogP contribution is -2.36. The summed E-state index contributed by atoms with van der Waals surface area (Å²) in [5.41, 5.74) is 2.41. The van der Waals surface area contributed by atoms with E-state index in [4.69, 9.17) is 15.0 Å². The first kappa shape index (κ1) is 19.8. The Balaban J connectivity index is 1.59. The molecule has 30 heavy (non-hydrogen) atoms. The Morgan fingerprint density at radius 1 is 1.03 bits per heavy atom. The highest BCUT2D eigenvalue weighted by molar-refractivity contribution is 7.18. The Kier molecular flexibility index (Phi) is 5.60. The number of thiazole rings is 1. The lowest BCUT2D eigenvalue weighted by molar-refractivity contribution is -0.151. The number of carbonyl (C=O) groups is 1. The average Bonchev–Trinajstić information content (AvgIpc) is 3.20. The van der Waals surface area contributed by atoms with E-state index in [9.17, 15) is 4.79 Å². The van der Waals surface area contributed by atoms with Crippen molar-refractivity contribution in [2.75, 3.05) is 0 Å². The molecule has 0 saturated carbocycles. The molecule has 0 unspecified atom stereocenters. The van der Waals surface area contributed by atoms with Crippen LogP contribution in [0.15, 0.2) is 78.9 Å². The second kappa shape index (κ2) is 8.48. The van der Waals surface area contributed by atoms with Gasteiger partial charge in [-0.25, -0.2) is 4.98 Å². The predicted molar refractivity (Wildman–Crippen MR) is 118 cm³/mol. The molecule has 0 N–H and O–H groups in total. The number of hydrogen-bond acceptors (Lipinski definition) is 5. The van der Waals surface area contributed by atoms with Gasteiger partial charge in [-0.2, -0.15) is 5.26 Å². The van der Waals surface area contributed by atoms with E-state index in [2.05, 4.69) is 6.07 Å². The summed E-state index contributed by atoms with van der Waals surface area (Å²) in [4.78, 5) is 18.0. The molecule has 0 aliphatic rings. The molecule has 4 aromatic rings. The van der Waals surface area contributed by atoms with Crippen molar-refractivity contribution in [1.29, 1.82) is 5.26 Å². The molecule has 1 atom stereocenters. The van der Waals surface area contributed by atoms with Crippen molar-refractivity contribution in [3.05, 3.63) is 101 Å². The first-order valence-corrected chi connectivity index (χ1v) is 10.5. The number of hydrogen-bond donors (Lipinski definition) is 0. The maximum atomic E-state index is 13.3. The first-order chi connectivity index (χ1) is 14.6. The van der Waals surface area contributed by atoms with Gasteiger partial charge in [-0.3, -0.25) is 4.79 Å². The van der Waals surface area contributed by atoms with Crippen molar-refractivity contribution < 1.29 is 9.53 Å². The number of rotatable bonds is 6. The van der Waals surface area contributed by atoms with Crippen molar-refractivity contribution in [2.24, 2.45) is 0 Å². The summed E-state index contributed by atoms with van der Waals surface area (Å²) in [6, 6.07) is 26.8. The lowest BCUT2D eigenvalue weighted by Gasteiger charge is -2.27. The van der Waals surface area contributed by atoms with E-state index >= 15 is 0 Å². The van der Waals surface area contributed by atoms with E-state index in [1.807, 2.05) is 61.5 Å². The fourth-order valence-corrected chi connectivity index (χ4v) is 4.50. The Labute approximate surface area is 179 Å². The Morgan fingerprint density at radius 3 is 2.43 bits per heavy atom. The zero-order valence-electron chi connectivity index (χ0n) is 16.5. The third kappa shape index (κ3) is 4.10. The van der Waals surface area contributed by atoms with Crippen LogP contribution in [0.25, 0.3) is 10.2 Å². The van der Waals surface area contributed by atoms with Crippen LogP contribution >= 0.6 is 11.3 Å². The molecule has 0 spiro atoms. The summed E-state index contributed by atoms with van der Waals surface area (Å²) in [6.45, 7) is 2.07. The predicted octanol–water partition coefficient (Wildman–Crippen LogP) is 5.41. The van der Waals surface area contributed by atoms with Gasteiger partial charge in [0.2, 0.25) is 0 Å². The Bertz CT molecular complexity index is 1180. The van der Waals surface area contributed by atoms with Crippen molar-refractivity contribution in [3.63, 3.8) is 0 Å². The largest absolute Gasteiger partial charge is 0.460 e. The van der Waals surface area contributed by atoms with Gasteiger partial charge >= 0.3 is 5.97 Å². The van der Waals surface area contributed by atoms with Gasteiger partial charge in [-0.15, -0.1) is 11.3 Å². The molecule has 0 aliphatic heterocycles. The molecule has 3 aromatic carbocycles. The third-order valence-corrected chi connectivity index (χ3v) is 6.19. The summed E-state index contributed by atoms with van der Waals surface area (Å²) < 4.78 is 6.83. The standard InChI is InChI=1S/C25H20N2O2S/c1-25(20-7-3-2-4-8-20,15-23-27-21-9-5-6-10-22(21)30-23)24(28)29-17-19-13-11-18(16-26)12-14-19/h2-14H,15,17H2,1H3/t25-/m0/s1. The zero-order valence-corrected chi connectivity index (χ0v) is 17.4. The number of carbonyl (C=O) groups excluding carboxylic acids is 1. The van der Waals surface area contributed by atoms with E-state index in [1.165, 1.54) is 0 Å². The van der Waals surface area contributed by atoms with Crippen LogP contribution in [0.2, 0.25) is 0 Å². The fourth-order valence-electron chi connectivity index (χ4n) is 3.38. The van der Waals surface area contributed by atoms with Crippen molar-refractivity contribution in [1.82, 2.24) is 4.98 Å². The molecule has 0 fully saturated rings. The van der Waals surface area contributed by atoms with Gasteiger partial charge in [-0.1, -0.05) is 54.6 Å². The van der Waals surface area contributed by atoms with Crippen LogP contribution in [0.4, 0.5) is 0 Å². The van der Waals surface area contributed by atoms with E-state index in [0.717, 1.165) is 26.4 Å². The van der Waals surface area contributed by atoms with Crippen LogP contribution in [-0.4, -0.2) is 11.0 Å². The van der Waals surface area contributed by atoms with Crippen LogP contribution in [0.5, 0.6) is 0 Å². The van der Waals surface area contributed by atoms with Crippen LogP contribution in [-0.2, 0) is 28.0 Å². The molecule has 1 aromatic heterocycles. The van der Waals surface area contributed by atoms with Crippen molar-refractivity contribution in [2.45, 2.75) is 25.4 Å². The molecule has 4 nitrogen and oxygen atoms in total. The van der Waals surface area contributed by atoms with Gasteiger partial charge < -0.3 is 4.74 Å². The molecule has 5 heteroatoms. The molecular formula is C25H20N2O2S. The van der Waals surface area contributed by atoms with Crippen LogP contribution in [0.3, 0.4) is 0 Å². The maximum Gasteiger partial charge on any atom is 0.317 e. The van der Waals surface area contributed by atoms with Gasteiger partial charge in [0.05, 0.1) is 32.3 Å². The van der Waals surface area contributed by atoms with Gasteiger partial charge in [0.25, 0.3) is 0 Å². The molecular weight excluding hydrogens is 392 g/mol. The fraction of sp³-hybridized carbons (Fsp3) is 0.160.